The van der Waals surface area contributed by atoms with Gasteiger partial charge in [0, 0.05) is 11.1 Å². The molecular weight excluding hydrogens is 408 g/mol. The van der Waals surface area contributed by atoms with Gasteiger partial charge in [0.15, 0.2) is 0 Å². The lowest BCUT2D eigenvalue weighted by molar-refractivity contribution is -0.275. The molecule has 8 saturated carbocycles. The molecule has 0 aliphatic heterocycles. The van der Waals surface area contributed by atoms with Crippen LogP contribution in [-0.4, -0.2) is 0 Å². The SMILES string of the molecule is C#Cc1ccc(C2C3(C)CC4CC(C)(C3)CC2(C23CC5CC(C)(CC(C)(C5)C2)C3)C4)c(C#C)c1. The third-order valence-corrected chi connectivity index (χ3v) is 12.4. The second-order valence-corrected chi connectivity index (χ2v) is 15.9. The zero-order chi connectivity index (χ0) is 23.8. The molecule has 34 heavy (non-hydrogen) atoms. The zero-order valence-electron chi connectivity index (χ0n) is 21.9. The van der Waals surface area contributed by atoms with Crippen molar-refractivity contribution in [2.45, 2.75) is 104 Å². The predicted octanol–water partition coefficient (Wildman–Crippen LogP) is 8.34. The molecule has 0 radical (unpaired) electrons. The van der Waals surface area contributed by atoms with Crippen LogP contribution in [0, 0.1) is 69.0 Å². The van der Waals surface area contributed by atoms with Gasteiger partial charge in [0.2, 0.25) is 0 Å². The van der Waals surface area contributed by atoms with E-state index < -0.39 is 0 Å². The molecule has 0 nitrogen and oxygen atoms in total. The van der Waals surface area contributed by atoms with Crippen molar-refractivity contribution < 1.29 is 0 Å². The Morgan fingerprint density at radius 1 is 0.706 bits per heavy atom. The van der Waals surface area contributed by atoms with Crippen LogP contribution in [0.5, 0.6) is 0 Å². The Labute approximate surface area is 208 Å². The number of benzene rings is 1. The fourth-order valence-corrected chi connectivity index (χ4v) is 13.7. The van der Waals surface area contributed by atoms with Gasteiger partial charge in [0.05, 0.1) is 0 Å². The van der Waals surface area contributed by atoms with Crippen LogP contribution >= 0.6 is 0 Å². The molecule has 0 saturated heterocycles. The van der Waals surface area contributed by atoms with Crippen LogP contribution in [-0.2, 0) is 0 Å². The number of hydrogen-bond donors (Lipinski definition) is 0. The molecule has 0 heteroatoms. The lowest BCUT2D eigenvalue weighted by Crippen LogP contribution is -2.69. The fourth-order valence-electron chi connectivity index (χ4n) is 13.7. The van der Waals surface area contributed by atoms with E-state index in [1.165, 1.54) is 76.2 Å². The number of hydrogen-bond acceptors (Lipinski definition) is 0. The highest BCUT2D eigenvalue weighted by molar-refractivity contribution is 5.51. The van der Waals surface area contributed by atoms with Crippen molar-refractivity contribution in [2.75, 3.05) is 0 Å². The molecule has 8 bridgehead atoms. The fraction of sp³-hybridized carbons (Fsp3) is 0.706. The van der Waals surface area contributed by atoms with Gasteiger partial charge in [0.1, 0.15) is 0 Å². The molecule has 178 valence electrons. The van der Waals surface area contributed by atoms with Crippen LogP contribution in [0.15, 0.2) is 18.2 Å². The summed E-state index contributed by atoms with van der Waals surface area (Å²) in [6.07, 6.45) is 28.0. The topological polar surface area (TPSA) is 0 Å². The summed E-state index contributed by atoms with van der Waals surface area (Å²) in [5.41, 5.74) is 6.31. The standard InChI is InChI=1S/C34H42/c1-7-23-9-10-27(26(8-2)11-23)28-32(6)15-25-14-31(5,19-32)22-34(28,17-25)33-16-24-12-29(3,20-33)18-30(4,13-24)21-33/h1-2,9-11,24-25,28H,12-22H2,3-6H3. The van der Waals surface area contributed by atoms with Crippen molar-refractivity contribution in [3.05, 3.63) is 34.9 Å². The van der Waals surface area contributed by atoms with Crippen molar-refractivity contribution in [3.63, 3.8) is 0 Å². The maximum Gasteiger partial charge on any atom is 0.0290 e. The second-order valence-electron chi connectivity index (χ2n) is 15.9. The Balaban J connectivity index is 1.47. The molecular formula is C34H42. The molecule has 7 unspecified atom stereocenters. The number of terminal acetylenes is 2. The first-order chi connectivity index (χ1) is 16.0. The van der Waals surface area contributed by atoms with Crippen molar-refractivity contribution >= 4 is 0 Å². The Morgan fingerprint density at radius 2 is 1.35 bits per heavy atom. The van der Waals surface area contributed by atoms with Crippen molar-refractivity contribution in [3.8, 4) is 24.7 Å². The molecule has 0 N–H and O–H groups in total. The lowest BCUT2D eigenvalue weighted by Gasteiger charge is -2.79. The Kier molecular flexibility index (Phi) is 3.93. The van der Waals surface area contributed by atoms with E-state index in [1.54, 1.807) is 0 Å². The summed E-state index contributed by atoms with van der Waals surface area (Å²) in [4.78, 5) is 0. The summed E-state index contributed by atoms with van der Waals surface area (Å²) >= 11 is 0. The van der Waals surface area contributed by atoms with Gasteiger partial charge in [-0.3, -0.25) is 0 Å². The first-order valence-corrected chi connectivity index (χ1v) is 14.0. The van der Waals surface area contributed by atoms with E-state index >= 15 is 0 Å². The summed E-state index contributed by atoms with van der Waals surface area (Å²) in [5, 5.41) is 0. The average molecular weight is 451 g/mol. The van der Waals surface area contributed by atoms with E-state index in [0.717, 1.165) is 23.0 Å². The lowest BCUT2D eigenvalue weighted by atomic mass is 9.25. The third-order valence-electron chi connectivity index (χ3n) is 12.4. The summed E-state index contributed by atoms with van der Waals surface area (Å²) in [7, 11) is 0. The Bertz CT molecular complexity index is 1150. The minimum atomic E-state index is 0.350. The second kappa shape index (κ2) is 6.18. The highest BCUT2D eigenvalue weighted by atomic mass is 14.8. The van der Waals surface area contributed by atoms with Gasteiger partial charge in [-0.25, -0.2) is 0 Å². The highest BCUT2D eigenvalue weighted by Crippen LogP contribution is 2.85. The van der Waals surface area contributed by atoms with E-state index in [2.05, 4.69) is 57.7 Å². The molecule has 8 aliphatic carbocycles. The molecule has 0 heterocycles. The molecule has 1 aromatic carbocycles. The maximum absolute atomic E-state index is 6.21. The van der Waals surface area contributed by atoms with Gasteiger partial charge >= 0.3 is 0 Å². The first-order valence-electron chi connectivity index (χ1n) is 14.0. The highest BCUT2D eigenvalue weighted by Gasteiger charge is 2.75. The van der Waals surface area contributed by atoms with E-state index in [0.29, 0.717) is 38.4 Å². The van der Waals surface area contributed by atoms with E-state index in [1.807, 2.05) is 0 Å². The minimum Gasteiger partial charge on any atom is -0.115 e. The van der Waals surface area contributed by atoms with Gasteiger partial charge in [-0.05, 0) is 139 Å². The van der Waals surface area contributed by atoms with Crippen LogP contribution in [0.3, 0.4) is 0 Å². The van der Waals surface area contributed by atoms with Gasteiger partial charge < -0.3 is 0 Å². The van der Waals surface area contributed by atoms with Crippen LogP contribution in [0.1, 0.15) is 121 Å². The van der Waals surface area contributed by atoms with Crippen LogP contribution in [0.4, 0.5) is 0 Å². The quantitative estimate of drug-likeness (QED) is 0.397. The van der Waals surface area contributed by atoms with Crippen LogP contribution in [0.2, 0.25) is 0 Å². The minimum absolute atomic E-state index is 0.350. The van der Waals surface area contributed by atoms with E-state index in [9.17, 15) is 0 Å². The molecule has 1 aromatic rings. The molecule has 0 amide bonds. The van der Waals surface area contributed by atoms with Crippen molar-refractivity contribution in [2.24, 2.45) is 44.3 Å². The smallest absolute Gasteiger partial charge is 0.0290 e. The largest absolute Gasteiger partial charge is 0.115 e. The summed E-state index contributed by atoms with van der Waals surface area (Å²) in [6, 6.07) is 6.69. The first kappa shape index (κ1) is 21.6. The molecule has 0 spiro atoms. The number of rotatable bonds is 2. The predicted molar refractivity (Wildman–Crippen MR) is 140 cm³/mol. The maximum atomic E-state index is 6.21. The summed E-state index contributed by atoms with van der Waals surface area (Å²) in [6.45, 7) is 10.7. The Hall–Kier alpha value is -1.66. The molecule has 0 aromatic heterocycles. The normalized spacial score (nSPS) is 54.1. The summed E-state index contributed by atoms with van der Waals surface area (Å²) in [5.74, 6) is 8.38. The van der Waals surface area contributed by atoms with Crippen molar-refractivity contribution in [1.29, 1.82) is 0 Å². The van der Waals surface area contributed by atoms with E-state index in [-0.39, 0.29) is 0 Å². The molecule has 8 aliphatic rings. The zero-order valence-corrected chi connectivity index (χ0v) is 21.9. The third kappa shape index (κ3) is 2.59. The average Bonchev–Trinajstić information content (AvgIpc) is 2.69. The molecule has 9 rings (SSSR count). The Morgan fingerprint density at radius 3 is 1.94 bits per heavy atom. The van der Waals surface area contributed by atoms with E-state index in [4.69, 9.17) is 12.8 Å². The van der Waals surface area contributed by atoms with Crippen molar-refractivity contribution in [1.82, 2.24) is 0 Å². The van der Waals surface area contributed by atoms with Gasteiger partial charge in [-0.1, -0.05) is 45.6 Å². The van der Waals surface area contributed by atoms with Gasteiger partial charge in [-0.15, -0.1) is 12.8 Å². The molecule has 8 fully saturated rings. The van der Waals surface area contributed by atoms with Crippen LogP contribution in [0.25, 0.3) is 0 Å². The molecule has 7 atom stereocenters. The monoisotopic (exact) mass is 450 g/mol. The van der Waals surface area contributed by atoms with Crippen LogP contribution < -0.4 is 0 Å². The van der Waals surface area contributed by atoms with Gasteiger partial charge in [-0.2, -0.15) is 0 Å². The summed E-state index contributed by atoms with van der Waals surface area (Å²) < 4.78 is 0. The van der Waals surface area contributed by atoms with Gasteiger partial charge in [0.25, 0.3) is 0 Å².